The van der Waals surface area contributed by atoms with E-state index < -0.39 is 0 Å². The van der Waals surface area contributed by atoms with E-state index in [1.165, 1.54) is 0 Å². The Balaban J connectivity index is 2.80. The van der Waals surface area contributed by atoms with Crippen LogP contribution in [-0.2, 0) is 6.42 Å². The van der Waals surface area contributed by atoms with Gasteiger partial charge in [-0.1, -0.05) is 22.9 Å². The number of nitrogens with zero attached hydrogens (tertiary/aromatic N) is 1. The molecule has 17 heavy (non-hydrogen) atoms. The molecule has 90 valence electrons. The van der Waals surface area contributed by atoms with Crippen LogP contribution >= 0.6 is 31.9 Å². The summed E-state index contributed by atoms with van der Waals surface area (Å²) in [4.78, 5) is 4.68. The van der Waals surface area contributed by atoms with Crippen LogP contribution in [0.3, 0.4) is 0 Å². The van der Waals surface area contributed by atoms with Gasteiger partial charge in [-0.05, 0) is 47.5 Å². The highest BCUT2D eigenvalue weighted by Crippen LogP contribution is 2.34. The van der Waals surface area contributed by atoms with E-state index in [0.717, 1.165) is 44.2 Å². The van der Waals surface area contributed by atoms with Crippen LogP contribution < -0.4 is 5.32 Å². The standard InChI is InChI=1S/C13H14Br2N2/c1-3-8-7-11(16-4-2)12-9(14)5-6-10(15)13(12)17-8/h5-7H,3-4H2,1-2H3,(H,16,17). The zero-order valence-electron chi connectivity index (χ0n) is 9.85. The van der Waals surface area contributed by atoms with Crippen LogP contribution in [0.2, 0.25) is 0 Å². The average molecular weight is 358 g/mol. The number of nitrogens with one attached hydrogen (secondary N) is 1. The molecule has 1 N–H and O–H groups in total. The molecule has 0 saturated carbocycles. The lowest BCUT2D eigenvalue weighted by Crippen LogP contribution is -2.01. The van der Waals surface area contributed by atoms with E-state index in [4.69, 9.17) is 0 Å². The van der Waals surface area contributed by atoms with Crippen molar-refractivity contribution < 1.29 is 0 Å². The molecule has 2 aromatic rings. The van der Waals surface area contributed by atoms with Gasteiger partial charge in [0, 0.05) is 32.3 Å². The minimum Gasteiger partial charge on any atom is -0.385 e. The minimum atomic E-state index is 0.904. The molecule has 0 aliphatic carbocycles. The Kier molecular flexibility index (Phi) is 4.05. The molecule has 0 saturated heterocycles. The van der Waals surface area contributed by atoms with Crippen LogP contribution in [0.15, 0.2) is 27.1 Å². The third-order valence-electron chi connectivity index (χ3n) is 2.64. The number of halogens is 2. The third-order valence-corrected chi connectivity index (χ3v) is 3.94. The summed E-state index contributed by atoms with van der Waals surface area (Å²) in [6.07, 6.45) is 0.938. The van der Waals surface area contributed by atoms with Gasteiger partial charge in [0.05, 0.1) is 5.52 Å². The van der Waals surface area contributed by atoms with Crippen LogP contribution in [0.4, 0.5) is 5.69 Å². The number of anilines is 1. The normalized spacial score (nSPS) is 10.8. The van der Waals surface area contributed by atoms with Crippen molar-refractivity contribution in [1.29, 1.82) is 0 Å². The summed E-state index contributed by atoms with van der Waals surface area (Å²) in [6.45, 7) is 5.13. The lowest BCUT2D eigenvalue weighted by Gasteiger charge is -2.12. The molecular formula is C13H14Br2N2. The maximum Gasteiger partial charge on any atom is 0.0879 e. The number of fused-ring (bicyclic) bond motifs is 1. The molecule has 0 unspecified atom stereocenters. The average Bonchev–Trinajstić information content (AvgIpc) is 2.34. The highest BCUT2D eigenvalue weighted by Gasteiger charge is 2.10. The number of pyridine rings is 1. The molecule has 0 fully saturated rings. The van der Waals surface area contributed by atoms with Crippen LogP contribution in [0.25, 0.3) is 10.9 Å². The fraction of sp³-hybridized carbons (Fsp3) is 0.308. The topological polar surface area (TPSA) is 24.9 Å². The molecule has 0 aliphatic heterocycles. The Hall–Kier alpha value is -0.610. The van der Waals surface area contributed by atoms with Crippen molar-refractivity contribution in [2.45, 2.75) is 20.3 Å². The maximum atomic E-state index is 4.68. The largest absolute Gasteiger partial charge is 0.385 e. The highest BCUT2D eigenvalue weighted by atomic mass is 79.9. The van der Waals surface area contributed by atoms with E-state index in [1.54, 1.807) is 0 Å². The van der Waals surface area contributed by atoms with Crippen molar-refractivity contribution in [3.8, 4) is 0 Å². The number of hydrogen-bond donors (Lipinski definition) is 1. The first-order valence-electron chi connectivity index (χ1n) is 5.68. The van der Waals surface area contributed by atoms with Crippen molar-refractivity contribution in [3.05, 3.63) is 32.8 Å². The summed E-state index contributed by atoms with van der Waals surface area (Å²) in [6, 6.07) is 6.19. The van der Waals surface area contributed by atoms with E-state index >= 15 is 0 Å². The number of hydrogen-bond acceptors (Lipinski definition) is 2. The Morgan fingerprint density at radius 1 is 1.18 bits per heavy atom. The van der Waals surface area contributed by atoms with Gasteiger partial charge in [-0.2, -0.15) is 0 Å². The molecule has 1 heterocycles. The molecule has 0 atom stereocenters. The number of rotatable bonds is 3. The molecule has 0 radical (unpaired) electrons. The summed E-state index contributed by atoms with van der Waals surface area (Å²) in [5, 5.41) is 4.54. The highest BCUT2D eigenvalue weighted by molar-refractivity contribution is 9.11. The molecule has 1 aromatic carbocycles. The van der Waals surface area contributed by atoms with Crippen LogP contribution in [0.1, 0.15) is 19.5 Å². The number of aromatic nitrogens is 1. The van der Waals surface area contributed by atoms with Gasteiger partial charge in [0.1, 0.15) is 0 Å². The molecular weight excluding hydrogens is 344 g/mol. The lowest BCUT2D eigenvalue weighted by molar-refractivity contribution is 1.05. The van der Waals surface area contributed by atoms with Gasteiger partial charge in [-0.3, -0.25) is 4.98 Å². The van der Waals surface area contributed by atoms with Crippen LogP contribution in [-0.4, -0.2) is 11.5 Å². The van der Waals surface area contributed by atoms with Crippen molar-refractivity contribution in [3.63, 3.8) is 0 Å². The Labute approximate surface area is 118 Å². The summed E-state index contributed by atoms with van der Waals surface area (Å²) in [5.74, 6) is 0. The van der Waals surface area contributed by atoms with Gasteiger partial charge in [0.15, 0.2) is 0 Å². The van der Waals surface area contributed by atoms with E-state index in [9.17, 15) is 0 Å². The first kappa shape index (κ1) is 12.8. The van der Waals surface area contributed by atoms with Gasteiger partial charge in [-0.15, -0.1) is 0 Å². The monoisotopic (exact) mass is 356 g/mol. The minimum absolute atomic E-state index is 0.904. The molecule has 4 heteroatoms. The van der Waals surface area contributed by atoms with E-state index in [0.29, 0.717) is 0 Å². The van der Waals surface area contributed by atoms with E-state index in [-0.39, 0.29) is 0 Å². The first-order valence-corrected chi connectivity index (χ1v) is 7.27. The quantitative estimate of drug-likeness (QED) is 0.856. The van der Waals surface area contributed by atoms with Gasteiger partial charge in [0.2, 0.25) is 0 Å². The zero-order chi connectivity index (χ0) is 12.4. The molecule has 0 bridgehead atoms. The SMILES string of the molecule is CCNc1cc(CC)nc2c(Br)ccc(Br)c12. The van der Waals surface area contributed by atoms with Gasteiger partial charge < -0.3 is 5.32 Å². The van der Waals surface area contributed by atoms with Crippen LogP contribution in [0.5, 0.6) is 0 Å². The van der Waals surface area contributed by atoms with Crippen molar-refractivity contribution in [1.82, 2.24) is 4.98 Å². The van der Waals surface area contributed by atoms with E-state index in [2.05, 4.69) is 62.1 Å². The summed E-state index contributed by atoms with van der Waals surface area (Å²) >= 11 is 7.17. The van der Waals surface area contributed by atoms with Gasteiger partial charge in [0.25, 0.3) is 0 Å². The molecule has 0 spiro atoms. The second kappa shape index (κ2) is 5.36. The molecule has 2 nitrogen and oxygen atoms in total. The molecule has 0 amide bonds. The molecule has 1 aromatic heterocycles. The Bertz CT molecular complexity index is 553. The maximum absolute atomic E-state index is 4.68. The summed E-state index contributed by atoms with van der Waals surface area (Å²) in [5.41, 5.74) is 3.25. The van der Waals surface area contributed by atoms with Crippen molar-refractivity contribution in [2.75, 3.05) is 11.9 Å². The van der Waals surface area contributed by atoms with Gasteiger partial charge >= 0.3 is 0 Å². The smallest absolute Gasteiger partial charge is 0.0879 e. The predicted molar refractivity (Wildman–Crippen MR) is 80.7 cm³/mol. The van der Waals surface area contributed by atoms with Crippen LogP contribution in [0, 0.1) is 0 Å². The Morgan fingerprint density at radius 2 is 1.88 bits per heavy atom. The fourth-order valence-corrected chi connectivity index (χ4v) is 2.78. The second-order valence-electron chi connectivity index (χ2n) is 3.80. The van der Waals surface area contributed by atoms with E-state index in [1.807, 2.05) is 12.1 Å². The molecule has 0 aliphatic rings. The first-order chi connectivity index (χ1) is 8.17. The van der Waals surface area contributed by atoms with Crippen molar-refractivity contribution >= 4 is 48.5 Å². The lowest BCUT2D eigenvalue weighted by atomic mass is 10.1. The van der Waals surface area contributed by atoms with Gasteiger partial charge in [-0.25, -0.2) is 0 Å². The third kappa shape index (κ3) is 2.47. The summed E-state index contributed by atoms with van der Waals surface area (Å²) < 4.78 is 2.10. The number of aryl methyl sites for hydroxylation is 1. The Morgan fingerprint density at radius 3 is 2.53 bits per heavy atom. The summed E-state index contributed by atoms with van der Waals surface area (Å²) in [7, 11) is 0. The molecule has 2 rings (SSSR count). The van der Waals surface area contributed by atoms with Crippen molar-refractivity contribution in [2.24, 2.45) is 0 Å². The zero-order valence-corrected chi connectivity index (χ0v) is 13.0. The predicted octanol–water partition coefficient (Wildman–Crippen LogP) is 4.75. The number of benzene rings is 1. The fourth-order valence-electron chi connectivity index (χ4n) is 1.83. The second-order valence-corrected chi connectivity index (χ2v) is 5.51.